The molecule has 2 heterocycles. The summed E-state index contributed by atoms with van der Waals surface area (Å²) in [6.45, 7) is 5.38. The molecule has 7 nitrogen and oxygen atoms in total. The van der Waals surface area contributed by atoms with Crippen LogP contribution in [0.1, 0.15) is 16.8 Å². The molecule has 26 heavy (non-hydrogen) atoms. The Morgan fingerprint density at radius 1 is 1.27 bits per heavy atom. The summed E-state index contributed by atoms with van der Waals surface area (Å²) in [6, 6.07) is 7.70. The van der Waals surface area contributed by atoms with E-state index in [-0.39, 0.29) is 31.3 Å². The van der Waals surface area contributed by atoms with E-state index in [1.165, 1.54) is 0 Å². The quantitative estimate of drug-likeness (QED) is 0.759. The Kier molecular flexibility index (Phi) is 6.85. The molecule has 7 heteroatoms. The van der Waals surface area contributed by atoms with Crippen LogP contribution in [0, 0.1) is 0 Å². The second kappa shape index (κ2) is 9.32. The van der Waals surface area contributed by atoms with Crippen LogP contribution in [0.25, 0.3) is 0 Å². The van der Waals surface area contributed by atoms with E-state index in [1.807, 2.05) is 24.3 Å². The maximum Gasteiger partial charge on any atom is 0.251 e. The molecule has 3 rings (SSSR count). The van der Waals surface area contributed by atoms with Gasteiger partial charge in [0.2, 0.25) is 0 Å². The monoisotopic (exact) mass is 363 g/mol. The minimum atomic E-state index is -0.218. The maximum absolute atomic E-state index is 12.6. The molecule has 2 aliphatic heterocycles. The van der Waals surface area contributed by atoms with Gasteiger partial charge >= 0.3 is 0 Å². The molecule has 2 saturated heterocycles. The van der Waals surface area contributed by atoms with Crippen LogP contribution in [-0.4, -0.2) is 87.7 Å². The van der Waals surface area contributed by atoms with Gasteiger partial charge in [-0.1, -0.05) is 0 Å². The number of piperazine rings is 1. The van der Waals surface area contributed by atoms with E-state index < -0.39 is 0 Å². The van der Waals surface area contributed by atoms with Gasteiger partial charge in [-0.2, -0.15) is 0 Å². The SMILES string of the molecule is CN1CCN(c2ccc(C(=O)N[C@@H]3CCOC[C@H]3OCCO)cc2)CC1. The molecular weight excluding hydrogens is 334 g/mol. The highest BCUT2D eigenvalue weighted by molar-refractivity contribution is 5.94. The van der Waals surface area contributed by atoms with Crippen LogP contribution in [0.5, 0.6) is 0 Å². The highest BCUT2D eigenvalue weighted by atomic mass is 16.5. The number of aliphatic hydroxyl groups excluding tert-OH is 1. The summed E-state index contributed by atoms with van der Waals surface area (Å²) in [7, 11) is 2.14. The van der Waals surface area contributed by atoms with Crippen molar-refractivity contribution in [3.8, 4) is 0 Å². The van der Waals surface area contributed by atoms with Crippen molar-refractivity contribution in [2.45, 2.75) is 18.6 Å². The van der Waals surface area contributed by atoms with Crippen LogP contribution in [0.15, 0.2) is 24.3 Å². The number of carbonyl (C=O) groups is 1. The predicted molar refractivity (Wildman–Crippen MR) is 99.7 cm³/mol. The van der Waals surface area contributed by atoms with Crippen LogP contribution in [0.4, 0.5) is 5.69 Å². The summed E-state index contributed by atoms with van der Waals surface area (Å²) in [6.07, 6.45) is 0.491. The molecule has 2 aliphatic rings. The molecule has 1 aromatic carbocycles. The van der Waals surface area contributed by atoms with Gasteiger partial charge in [-0.25, -0.2) is 0 Å². The second-order valence-electron chi connectivity index (χ2n) is 6.91. The molecule has 0 saturated carbocycles. The number of likely N-dealkylation sites (N-methyl/N-ethyl adjacent to an activating group) is 1. The normalized spacial score (nSPS) is 24.5. The first-order valence-corrected chi connectivity index (χ1v) is 9.32. The number of nitrogens with zero attached hydrogens (tertiary/aromatic N) is 2. The standard InChI is InChI=1S/C19H29N3O4/c1-21-7-9-22(10-8-21)16-4-2-15(3-5-16)19(24)20-17-6-12-25-14-18(17)26-13-11-23/h2-5,17-18,23H,6-14H2,1H3,(H,20,24)/t17-,18-/m1/s1. The third-order valence-corrected chi connectivity index (χ3v) is 5.04. The van der Waals surface area contributed by atoms with E-state index >= 15 is 0 Å². The number of carbonyl (C=O) groups excluding carboxylic acids is 1. The number of amides is 1. The van der Waals surface area contributed by atoms with E-state index in [1.54, 1.807) is 0 Å². The average Bonchev–Trinajstić information content (AvgIpc) is 2.68. The molecule has 1 amide bonds. The lowest BCUT2D eigenvalue weighted by Gasteiger charge is -2.34. The fourth-order valence-electron chi connectivity index (χ4n) is 3.39. The highest BCUT2D eigenvalue weighted by Gasteiger charge is 2.28. The van der Waals surface area contributed by atoms with Crippen LogP contribution < -0.4 is 10.2 Å². The Balaban J connectivity index is 1.57. The van der Waals surface area contributed by atoms with Gasteiger partial charge in [-0.3, -0.25) is 4.79 Å². The fourth-order valence-corrected chi connectivity index (χ4v) is 3.39. The van der Waals surface area contributed by atoms with Crippen LogP contribution in [0.3, 0.4) is 0 Å². The number of hydrogen-bond donors (Lipinski definition) is 2. The van der Waals surface area contributed by atoms with Gasteiger partial charge in [-0.05, 0) is 37.7 Å². The lowest BCUT2D eigenvalue weighted by atomic mass is 10.0. The lowest BCUT2D eigenvalue weighted by Crippen LogP contribution is -2.50. The summed E-state index contributed by atoms with van der Waals surface area (Å²) in [4.78, 5) is 17.3. The van der Waals surface area contributed by atoms with Crippen molar-refractivity contribution in [1.29, 1.82) is 0 Å². The van der Waals surface area contributed by atoms with Crippen molar-refractivity contribution in [1.82, 2.24) is 10.2 Å². The van der Waals surface area contributed by atoms with Gasteiger partial charge in [0, 0.05) is 44.0 Å². The first kappa shape index (κ1) is 19.1. The zero-order chi connectivity index (χ0) is 18.4. The van der Waals surface area contributed by atoms with Crippen molar-refractivity contribution in [3.63, 3.8) is 0 Å². The zero-order valence-electron chi connectivity index (χ0n) is 15.4. The van der Waals surface area contributed by atoms with Gasteiger partial charge in [0.05, 0.1) is 25.9 Å². The number of ether oxygens (including phenoxy) is 2. The Morgan fingerprint density at radius 3 is 2.69 bits per heavy atom. The topological polar surface area (TPSA) is 74.3 Å². The number of aliphatic hydroxyl groups is 1. The Morgan fingerprint density at radius 2 is 2.00 bits per heavy atom. The highest BCUT2D eigenvalue weighted by Crippen LogP contribution is 2.18. The molecule has 0 unspecified atom stereocenters. The second-order valence-corrected chi connectivity index (χ2v) is 6.91. The van der Waals surface area contributed by atoms with Gasteiger partial charge in [0.15, 0.2) is 0 Å². The van der Waals surface area contributed by atoms with Crippen LogP contribution in [-0.2, 0) is 9.47 Å². The van der Waals surface area contributed by atoms with Crippen molar-refractivity contribution < 1.29 is 19.4 Å². The smallest absolute Gasteiger partial charge is 0.251 e. The average molecular weight is 363 g/mol. The third kappa shape index (κ3) is 4.94. The molecule has 2 fully saturated rings. The number of hydrogen-bond acceptors (Lipinski definition) is 6. The summed E-state index contributed by atoms with van der Waals surface area (Å²) in [5, 5.41) is 12.0. The zero-order valence-corrected chi connectivity index (χ0v) is 15.4. The van der Waals surface area contributed by atoms with E-state index in [2.05, 4.69) is 22.2 Å². The number of benzene rings is 1. The first-order valence-electron chi connectivity index (χ1n) is 9.32. The molecule has 0 aliphatic carbocycles. The largest absolute Gasteiger partial charge is 0.394 e. The number of nitrogens with one attached hydrogen (secondary N) is 1. The summed E-state index contributed by atoms with van der Waals surface area (Å²) in [5.74, 6) is -0.0978. The van der Waals surface area contributed by atoms with Crippen molar-refractivity contribution in [3.05, 3.63) is 29.8 Å². The van der Waals surface area contributed by atoms with Crippen LogP contribution >= 0.6 is 0 Å². The van der Waals surface area contributed by atoms with Gasteiger partial charge in [0.25, 0.3) is 5.91 Å². The molecule has 2 N–H and O–H groups in total. The summed E-state index contributed by atoms with van der Waals surface area (Å²) < 4.78 is 11.0. The number of anilines is 1. The van der Waals surface area contributed by atoms with Crippen molar-refractivity contribution in [2.24, 2.45) is 0 Å². The first-order chi connectivity index (χ1) is 12.7. The summed E-state index contributed by atoms with van der Waals surface area (Å²) >= 11 is 0. The van der Waals surface area contributed by atoms with Crippen molar-refractivity contribution in [2.75, 3.05) is 64.6 Å². The third-order valence-electron chi connectivity index (χ3n) is 5.04. The Hall–Kier alpha value is -1.67. The van der Waals surface area contributed by atoms with Crippen LogP contribution in [0.2, 0.25) is 0 Å². The number of rotatable bonds is 6. The minimum absolute atomic E-state index is 0.0368. The van der Waals surface area contributed by atoms with E-state index in [9.17, 15) is 4.79 Å². The van der Waals surface area contributed by atoms with Crippen molar-refractivity contribution >= 4 is 11.6 Å². The Bertz CT molecular complexity index is 573. The minimum Gasteiger partial charge on any atom is -0.394 e. The summed E-state index contributed by atoms with van der Waals surface area (Å²) in [5.41, 5.74) is 1.81. The predicted octanol–water partition coefficient (Wildman–Crippen LogP) is 0.335. The molecule has 0 bridgehead atoms. The molecule has 1 aromatic rings. The molecule has 2 atom stereocenters. The molecule has 144 valence electrons. The molecule has 0 aromatic heterocycles. The molecule has 0 radical (unpaired) electrons. The van der Waals surface area contributed by atoms with E-state index in [0.29, 0.717) is 25.2 Å². The Labute approximate surface area is 154 Å². The molecule has 0 spiro atoms. The van der Waals surface area contributed by atoms with Gasteiger partial charge in [-0.15, -0.1) is 0 Å². The van der Waals surface area contributed by atoms with E-state index in [0.717, 1.165) is 31.9 Å². The van der Waals surface area contributed by atoms with E-state index in [4.69, 9.17) is 14.6 Å². The molecular formula is C19H29N3O4. The van der Waals surface area contributed by atoms with Gasteiger partial charge in [0.1, 0.15) is 6.10 Å². The fraction of sp³-hybridized carbons (Fsp3) is 0.632. The van der Waals surface area contributed by atoms with Gasteiger partial charge < -0.3 is 29.7 Å². The lowest BCUT2D eigenvalue weighted by molar-refractivity contribution is -0.0737. The maximum atomic E-state index is 12.6.